The molecule has 3 aromatic carbocycles. The predicted molar refractivity (Wildman–Crippen MR) is 152 cm³/mol. The molecular formula is C31H27N3O9. The lowest BCUT2D eigenvalue weighted by molar-refractivity contribution is -0.543. The Balaban J connectivity index is 1.63. The van der Waals surface area contributed by atoms with Crippen molar-refractivity contribution in [1.82, 2.24) is 0 Å². The van der Waals surface area contributed by atoms with E-state index in [0.717, 1.165) is 4.90 Å². The smallest absolute Gasteiger partial charge is 0.421 e. The first-order valence-electron chi connectivity index (χ1n) is 13.7. The molecule has 0 saturated heterocycles. The summed E-state index contributed by atoms with van der Waals surface area (Å²) in [7, 11) is 0. The first-order valence-corrected chi connectivity index (χ1v) is 13.7. The lowest BCUT2D eigenvalue weighted by Crippen LogP contribution is -2.64. The van der Waals surface area contributed by atoms with Crippen molar-refractivity contribution in [2.24, 2.45) is 5.92 Å². The summed E-state index contributed by atoms with van der Waals surface area (Å²) in [5.41, 5.74) is -2.31. The molecule has 43 heavy (non-hydrogen) atoms. The monoisotopic (exact) mass is 585 g/mol. The summed E-state index contributed by atoms with van der Waals surface area (Å²) in [5, 5.41) is 24.8. The summed E-state index contributed by atoms with van der Waals surface area (Å²) in [5.74, 6) is -3.53. The highest BCUT2D eigenvalue weighted by Crippen LogP contribution is 2.60. The third-order valence-corrected chi connectivity index (χ3v) is 8.37. The van der Waals surface area contributed by atoms with Crippen LogP contribution in [-0.4, -0.2) is 45.4 Å². The van der Waals surface area contributed by atoms with Crippen molar-refractivity contribution in [3.05, 3.63) is 110 Å². The molecule has 2 aliphatic heterocycles. The summed E-state index contributed by atoms with van der Waals surface area (Å²) in [6.45, 7) is 4.92. The average molecular weight is 586 g/mol. The van der Waals surface area contributed by atoms with Gasteiger partial charge in [0.25, 0.3) is 11.7 Å². The van der Waals surface area contributed by atoms with Gasteiger partial charge in [0.15, 0.2) is 11.9 Å². The summed E-state index contributed by atoms with van der Waals surface area (Å²) >= 11 is 0. The average Bonchev–Trinajstić information content (AvgIpc) is 3.19. The Labute approximate surface area is 245 Å². The number of benzene rings is 3. The summed E-state index contributed by atoms with van der Waals surface area (Å²) in [6, 6.07) is 16.4. The number of carbonyl (C=O) groups is 3. The van der Waals surface area contributed by atoms with Gasteiger partial charge < -0.3 is 9.47 Å². The minimum Gasteiger partial charge on any atom is -0.482 e. The number of amides is 2. The predicted octanol–water partition coefficient (Wildman–Crippen LogP) is 5.21. The first kappa shape index (κ1) is 28.0. The Morgan fingerprint density at radius 3 is 2.40 bits per heavy atom. The van der Waals surface area contributed by atoms with Crippen molar-refractivity contribution in [2.45, 2.75) is 56.3 Å². The molecule has 3 aromatic rings. The normalized spacial score (nSPS) is 25.8. The lowest BCUT2D eigenvalue weighted by Gasteiger charge is -2.48. The number of hydrogen-bond acceptors (Lipinski definition) is 9. The number of nitro groups is 2. The van der Waals surface area contributed by atoms with Crippen LogP contribution in [-0.2, 0) is 14.9 Å². The Kier molecular flexibility index (Phi) is 6.33. The van der Waals surface area contributed by atoms with E-state index in [1.54, 1.807) is 63.2 Å². The standard InChI is InChI=1S/C31H27N3O9/c1-30(2,3)43-29(37)32-22-13-6-5-12-21(22)31(28(32)36)16-20-26(35)19-11-4-7-14-23(19)42-27(20)25(34(40)41)24(31)17-9-8-10-18(15-17)33(38)39/h4-15,20,24-25,27H,16H2,1-3H3/t20-,24-,25-,27-,31-/m0/s1. The zero-order valence-corrected chi connectivity index (χ0v) is 23.5. The molecule has 5 atom stereocenters. The molecular weight excluding hydrogens is 558 g/mol. The van der Waals surface area contributed by atoms with E-state index in [4.69, 9.17) is 9.47 Å². The summed E-state index contributed by atoms with van der Waals surface area (Å²) in [6.07, 6.45) is -2.50. The van der Waals surface area contributed by atoms with Gasteiger partial charge in [-0.05, 0) is 56.5 Å². The highest BCUT2D eigenvalue weighted by Gasteiger charge is 2.70. The highest BCUT2D eigenvalue weighted by atomic mass is 16.6. The van der Waals surface area contributed by atoms with Gasteiger partial charge in [-0.25, -0.2) is 9.69 Å². The molecule has 0 aromatic heterocycles. The summed E-state index contributed by atoms with van der Waals surface area (Å²) in [4.78, 5) is 66.8. The number of carbonyl (C=O) groups excluding carboxylic acids is 3. The van der Waals surface area contributed by atoms with Crippen LogP contribution in [0.5, 0.6) is 5.75 Å². The number of ether oxygens (including phenoxy) is 2. The number of imide groups is 1. The minimum atomic E-state index is -1.84. The minimum absolute atomic E-state index is 0.137. The number of nitrogens with zero attached hydrogens (tertiary/aromatic N) is 3. The van der Waals surface area contributed by atoms with E-state index in [2.05, 4.69) is 0 Å². The van der Waals surface area contributed by atoms with Crippen LogP contribution in [0.2, 0.25) is 0 Å². The van der Waals surface area contributed by atoms with E-state index in [1.165, 1.54) is 30.3 Å². The van der Waals surface area contributed by atoms with Crippen LogP contribution in [0.25, 0.3) is 0 Å². The number of para-hydroxylation sites is 2. The first-order chi connectivity index (χ1) is 20.3. The summed E-state index contributed by atoms with van der Waals surface area (Å²) < 4.78 is 11.7. The highest BCUT2D eigenvalue weighted by molar-refractivity contribution is 6.22. The van der Waals surface area contributed by atoms with E-state index < -0.39 is 62.6 Å². The zero-order valence-electron chi connectivity index (χ0n) is 23.5. The Bertz CT molecular complexity index is 1710. The molecule has 12 nitrogen and oxygen atoms in total. The molecule has 2 amide bonds. The van der Waals surface area contributed by atoms with Crippen molar-refractivity contribution >= 4 is 29.2 Å². The fourth-order valence-electron chi connectivity index (χ4n) is 6.83. The van der Waals surface area contributed by atoms with Gasteiger partial charge in [0.2, 0.25) is 5.91 Å². The number of rotatable bonds is 3. The number of ketones is 1. The van der Waals surface area contributed by atoms with Gasteiger partial charge in [0.05, 0.1) is 33.4 Å². The molecule has 12 heteroatoms. The molecule has 6 rings (SSSR count). The molecule has 1 saturated carbocycles. The molecule has 3 aliphatic rings. The van der Waals surface area contributed by atoms with Crippen LogP contribution in [0, 0.1) is 26.1 Å². The van der Waals surface area contributed by atoms with Crippen LogP contribution >= 0.6 is 0 Å². The molecule has 0 N–H and O–H groups in total. The van der Waals surface area contributed by atoms with Crippen molar-refractivity contribution < 1.29 is 33.7 Å². The van der Waals surface area contributed by atoms with E-state index in [0.29, 0.717) is 5.56 Å². The van der Waals surface area contributed by atoms with Gasteiger partial charge in [-0.15, -0.1) is 0 Å². The van der Waals surface area contributed by atoms with E-state index in [1.807, 2.05) is 0 Å². The third kappa shape index (κ3) is 4.24. The Morgan fingerprint density at radius 2 is 1.70 bits per heavy atom. The molecule has 1 aliphatic carbocycles. The maximum absolute atomic E-state index is 14.8. The number of anilines is 1. The second-order valence-corrected chi connectivity index (χ2v) is 12.0. The third-order valence-electron chi connectivity index (χ3n) is 8.37. The van der Waals surface area contributed by atoms with Crippen LogP contribution in [0.15, 0.2) is 72.8 Å². The molecule has 0 radical (unpaired) electrons. The molecule has 220 valence electrons. The van der Waals surface area contributed by atoms with Gasteiger partial charge in [0, 0.05) is 17.1 Å². The van der Waals surface area contributed by atoms with Crippen LogP contribution in [0.3, 0.4) is 0 Å². The van der Waals surface area contributed by atoms with Gasteiger partial charge in [-0.3, -0.25) is 29.8 Å². The molecule has 0 bridgehead atoms. The fourth-order valence-corrected chi connectivity index (χ4v) is 6.83. The zero-order chi connectivity index (χ0) is 30.8. The Hall–Kier alpha value is -5.13. The largest absolute Gasteiger partial charge is 0.482 e. The molecule has 2 heterocycles. The van der Waals surface area contributed by atoms with Crippen LogP contribution < -0.4 is 9.64 Å². The Morgan fingerprint density at radius 1 is 1.00 bits per heavy atom. The maximum Gasteiger partial charge on any atom is 0.421 e. The van der Waals surface area contributed by atoms with E-state index >= 15 is 0 Å². The van der Waals surface area contributed by atoms with Gasteiger partial charge >= 0.3 is 6.09 Å². The van der Waals surface area contributed by atoms with Crippen LogP contribution in [0.1, 0.15) is 54.6 Å². The number of non-ortho nitro benzene ring substituents is 1. The topological polar surface area (TPSA) is 159 Å². The van der Waals surface area contributed by atoms with E-state index in [-0.39, 0.29) is 34.7 Å². The quantitative estimate of drug-likeness (QED) is 0.297. The van der Waals surface area contributed by atoms with Crippen LogP contribution in [0.4, 0.5) is 16.2 Å². The second-order valence-electron chi connectivity index (χ2n) is 12.0. The SMILES string of the molecule is CC(C)(C)OC(=O)N1C(=O)[C@@]2(C[C@H]3C(=O)c4ccccc4O[C@@H]3[C@@H]([N+](=O)[O-])[C@@H]2c2cccc([N+](=O)[O-])c2)c2ccccc21. The fraction of sp³-hybridized carbons (Fsp3) is 0.323. The van der Waals surface area contributed by atoms with E-state index in [9.17, 15) is 34.6 Å². The van der Waals surface area contributed by atoms with Crippen molar-refractivity contribution in [1.29, 1.82) is 0 Å². The lowest BCUT2D eigenvalue weighted by atomic mass is 9.54. The number of hydrogen-bond donors (Lipinski definition) is 0. The van der Waals surface area contributed by atoms with Crippen molar-refractivity contribution in [3.63, 3.8) is 0 Å². The molecule has 0 unspecified atom stereocenters. The van der Waals surface area contributed by atoms with Gasteiger partial charge in [0.1, 0.15) is 11.4 Å². The van der Waals surface area contributed by atoms with Crippen molar-refractivity contribution in [2.75, 3.05) is 4.90 Å². The number of Topliss-reactive ketones (excluding diaryl/α,β-unsaturated/α-hetero) is 1. The molecule has 1 spiro atoms. The van der Waals surface area contributed by atoms with Gasteiger partial charge in [-0.1, -0.05) is 42.5 Å². The number of fused-ring (bicyclic) bond motifs is 4. The van der Waals surface area contributed by atoms with Crippen molar-refractivity contribution in [3.8, 4) is 5.75 Å². The maximum atomic E-state index is 14.8. The number of nitro benzene ring substituents is 1. The van der Waals surface area contributed by atoms with Gasteiger partial charge in [-0.2, -0.15) is 0 Å². The molecule has 1 fully saturated rings. The second kappa shape index (κ2) is 9.72.